The van der Waals surface area contributed by atoms with Crippen LogP contribution in [0.5, 0.6) is 0 Å². The predicted molar refractivity (Wildman–Crippen MR) is 118 cm³/mol. The van der Waals surface area contributed by atoms with Crippen LogP contribution in [-0.2, 0) is 11.2 Å². The lowest BCUT2D eigenvalue weighted by Gasteiger charge is -2.33. The number of hydrogen-bond acceptors (Lipinski definition) is 6. The molecule has 0 radical (unpaired) electrons. The van der Waals surface area contributed by atoms with Crippen LogP contribution >= 0.6 is 11.8 Å². The summed E-state index contributed by atoms with van der Waals surface area (Å²) in [5, 5.41) is 9.60. The average molecular weight is 421 g/mol. The third kappa shape index (κ3) is 4.40. The van der Waals surface area contributed by atoms with E-state index >= 15 is 0 Å². The lowest BCUT2D eigenvalue weighted by atomic mass is 10.0. The second-order valence-corrected chi connectivity index (χ2v) is 8.25. The van der Waals surface area contributed by atoms with Gasteiger partial charge in [-0.2, -0.15) is 5.26 Å². The zero-order valence-corrected chi connectivity index (χ0v) is 17.7. The molecule has 0 spiro atoms. The second kappa shape index (κ2) is 9.62. The highest BCUT2D eigenvalue weighted by Gasteiger charge is 2.28. The van der Waals surface area contributed by atoms with Crippen molar-refractivity contribution < 1.29 is 4.79 Å². The third-order valence-corrected chi connectivity index (χ3v) is 6.49. The Labute approximate surface area is 180 Å². The highest BCUT2D eigenvalue weighted by Crippen LogP contribution is 2.42. The van der Waals surface area contributed by atoms with Gasteiger partial charge in [-0.3, -0.25) is 4.79 Å². The summed E-state index contributed by atoms with van der Waals surface area (Å²) in [6.45, 7) is 11.0. The first-order valence-corrected chi connectivity index (χ1v) is 10.7. The summed E-state index contributed by atoms with van der Waals surface area (Å²) in [6, 6.07) is 11.6. The molecule has 1 aliphatic rings. The lowest BCUT2D eigenvalue weighted by molar-refractivity contribution is -0.117. The van der Waals surface area contributed by atoms with Crippen molar-refractivity contribution in [2.75, 3.05) is 18.0 Å². The van der Waals surface area contributed by atoms with Crippen molar-refractivity contribution in [2.24, 2.45) is 11.5 Å². The minimum atomic E-state index is -0.683. The fourth-order valence-electron chi connectivity index (χ4n) is 3.61. The number of hydrogen-bond donors (Lipinski definition) is 2. The van der Waals surface area contributed by atoms with E-state index in [9.17, 15) is 10.1 Å². The number of rotatable bonds is 6. The van der Waals surface area contributed by atoms with E-state index in [2.05, 4.69) is 15.8 Å². The number of amides is 1. The van der Waals surface area contributed by atoms with Gasteiger partial charge in [0.15, 0.2) is 0 Å². The number of piperidine rings is 1. The van der Waals surface area contributed by atoms with Crippen LogP contribution in [0.25, 0.3) is 4.85 Å². The van der Waals surface area contributed by atoms with E-state index < -0.39 is 11.2 Å². The molecular weight excluding hydrogens is 396 g/mol. The Bertz CT molecular complexity index is 1000. The summed E-state index contributed by atoms with van der Waals surface area (Å²) in [6.07, 6.45) is 2.15. The van der Waals surface area contributed by atoms with E-state index in [1.807, 2.05) is 37.3 Å². The van der Waals surface area contributed by atoms with E-state index in [-0.39, 0.29) is 6.04 Å². The molecule has 30 heavy (non-hydrogen) atoms. The van der Waals surface area contributed by atoms with Gasteiger partial charge < -0.3 is 16.4 Å². The Morgan fingerprint density at radius 1 is 1.40 bits per heavy atom. The molecule has 2 aromatic rings. The summed E-state index contributed by atoms with van der Waals surface area (Å²) in [7, 11) is 0. The Morgan fingerprint density at radius 2 is 2.07 bits per heavy atom. The van der Waals surface area contributed by atoms with Crippen LogP contribution in [0.3, 0.4) is 0 Å². The molecule has 1 atom stereocenters. The van der Waals surface area contributed by atoms with Crippen LogP contribution in [0.1, 0.15) is 41.7 Å². The van der Waals surface area contributed by atoms with Gasteiger partial charge in [-0.05, 0) is 30.4 Å². The molecule has 0 bridgehead atoms. The van der Waals surface area contributed by atoms with Gasteiger partial charge in [0.2, 0.25) is 11.6 Å². The summed E-state index contributed by atoms with van der Waals surface area (Å²) >= 11 is 1.17. The summed E-state index contributed by atoms with van der Waals surface area (Å²) < 4.78 is 0. The molecule has 1 aromatic heterocycles. The normalized spacial score (nSPS) is 15.3. The fraction of sp³-hybridized carbons (Fsp3) is 0.364. The first kappa shape index (κ1) is 21.6. The average Bonchev–Trinajstić information content (AvgIpc) is 2.77. The van der Waals surface area contributed by atoms with Crippen molar-refractivity contribution in [3.63, 3.8) is 0 Å². The van der Waals surface area contributed by atoms with Crippen molar-refractivity contribution in [3.05, 3.63) is 58.4 Å². The van der Waals surface area contributed by atoms with Gasteiger partial charge in [0.05, 0.1) is 12.1 Å². The minimum Gasteiger partial charge on any atom is -0.368 e. The molecule has 3 rings (SSSR count). The smallest absolute Gasteiger partial charge is 0.235 e. The van der Waals surface area contributed by atoms with Gasteiger partial charge >= 0.3 is 0 Å². The van der Waals surface area contributed by atoms with Gasteiger partial charge in [0, 0.05) is 19.1 Å². The molecule has 1 aromatic carbocycles. The molecule has 154 valence electrons. The van der Waals surface area contributed by atoms with Crippen LogP contribution in [-0.4, -0.2) is 30.0 Å². The number of carbonyl (C=O) groups excluding carboxylic acids is 1. The first-order valence-electron chi connectivity index (χ1n) is 9.86. The van der Waals surface area contributed by atoms with E-state index in [1.165, 1.54) is 11.8 Å². The van der Waals surface area contributed by atoms with Crippen molar-refractivity contribution in [2.45, 2.75) is 42.5 Å². The predicted octanol–water partition coefficient (Wildman–Crippen LogP) is 3.31. The Balaban J connectivity index is 2.11. The molecule has 0 aliphatic carbocycles. The molecule has 8 heteroatoms. The molecule has 1 saturated heterocycles. The number of primary amides is 1. The number of pyridine rings is 1. The highest BCUT2D eigenvalue weighted by atomic mass is 32.2. The molecule has 2 heterocycles. The molecule has 1 amide bonds. The summed E-state index contributed by atoms with van der Waals surface area (Å²) in [5.74, 6) is 0.0567. The van der Waals surface area contributed by atoms with E-state index in [0.717, 1.165) is 18.4 Å². The number of nitrogens with zero attached hydrogens (tertiary/aromatic N) is 4. The minimum absolute atomic E-state index is 0.146. The van der Waals surface area contributed by atoms with E-state index in [4.69, 9.17) is 23.0 Å². The monoisotopic (exact) mass is 420 g/mol. The quantitative estimate of drug-likeness (QED) is 0.547. The zero-order valence-electron chi connectivity index (χ0n) is 16.8. The summed E-state index contributed by atoms with van der Waals surface area (Å²) in [4.78, 5) is 22.7. The van der Waals surface area contributed by atoms with Crippen molar-refractivity contribution in [3.8, 4) is 6.07 Å². The largest absolute Gasteiger partial charge is 0.368 e. The van der Waals surface area contributed by atoms with Crippen molar-refractivity contribution >= 4 is 29.2 Å². The van der Waals surface area contributed by atoms with Crippen LogP contribution < -0.4 is 16.4 Å². The maximum Gasteiger partial charge on any atom is 0.235 e. The molecule has 0 unspecified atom stereocenters. The standard InChI is InChI=1S/C22H24N6OS/c1-3-16-17(13-23)22(30-19(20(25)29)14-7-5-4-6-8-14)27-21(18(16)26-2)28-11-9-15(24)10-12-28/h4-8,15,19H,3,9-12,24H2,1H3,(H2,25,29)/t19-/m0/s1. The van der Waals surface area contributed by atoms with Crippen LogP contribution in [0.15, 0.2) is 35.4 Å². The second-order valence-electron chi connectivity index (χ2n) is 7.16. The number of thioether (sulfide) groups is 1. The van der Waals surface area contributed by atoms with Gasteiger partial charge in [0.25, 0.3) is 0 Å². The number of benzene rings is 1. The SMILES string of the molecule is [C-]#[N+]c1c(N2CCC(N)CC2)nc(S[C@H](C(N)=O)c2ccccc2)c(C#N)c1CC. The highest BCUT2D eigenvalue weighted by molar-refractivity contribution is 8.00. The van der Waals surface area contributed by atoms with Crippen LogP contribution in [0, 0.1) is 17.9 Å². The maximum absolute atomic E-state index is 12.2. The van der Waals surface area contributed by atoms with E-state index in [1.54, 1.807) is 0 Å². The molecule has 0 saturated carbocycles. The number of nitriles is 1. The van der Waals surface area contributed by atoms with Gasteiger partial charge in [-0.1, -0.05) is 49.0 Å². The topological polar surface area (TPSA) is 113 Å². The molecule has 7 nitrogen and oxygen atoms in total. The Kier molecular flexibility index (Phi) is 6.94. The lowest BCUT2D eigenvalue weighted by Crippen LogP contribution is -2.40. The van der Waals surface area contributed by atoms with Gasteiger partial charge in [-0.25, -0.2) is 9.83 Å². The van der Waals surface area contributed by atoms with Gasteiger partial charge in [-0.15, -0.1) is 0 Å². The zero-order chi connectivity index (χ0) is 21.7. The number of aromatic nitrogens is 1. The fourth-order valence-corrected chi connectivity index (χ4v) is 4.67. The molecule has 1 fully saturated rings. The maximum atomic E-state index is 12.2. The number of carbonyl (C=O) groups is 1. The van der Waals surface area contributed by atoms with E-state index in [0.29, 0.717) is 47.2 Å². The van der Waals surface area contributed by atoms with Crippen molar-refractivity contribution in [1.29, 1.82) is 5.26 Å². The molecular formula is C22H24N6OS. The van der Waals surface area contributed by atoms with Crippen molar-refractivity contribution in [1.82, 2.24) is 4.98 Å². The first-order chi connectivity index (χ1) is 14.5. The third-order valence-electron chi connectivity index (χ3n) is 5.23. The Morgan fingerprint density at radius 3 is 2.60 bits per heavy atom. The Hall–Kier alpha value is -3.07. The van der Waals surface area contributed by atoms with Gasteiger partial charge in [0.1, 0.15) is 22.2 Å². The number of nitrogens with two attached hydrogens (primary N) is 2. The molecule has 4 N–H and O–H groups in total. The molecule has 1 aliphatic heterocycles. The van der Waals surface area contributed by atoms with Crippen LogP contribution in [0.4, 0.5) is 11.5 Å². The summed E-state index contributed by atoms with van der Waals surface area (Å²) in [5.41, 5.74) is 13.9. The van der Waals surface area contributed by atoms with Crippen LogP contribution in [0.2, 0.25) is 0 Å². The number of anilines is 1.